The van der Waals surface area contributed by atoms with Gasteiger partial charge in [0.2, 0.25) is 5.43 Å². The van der Waals surface area contributed by atoms with Crippen LogP contribution >= 0.6 is 11.6 Å². The number of nitroso groups, excluding NO2 is 1. The van der Waals surface area contributed by atoms with Crippen LogP contribution in [0.3, 0.4) is 0 Å². The number of aliphatic hydroxyl groups excluding tert-OH is 1. The summed E-state index contributed by atoms with van der Waals surface area (Å²) in [6, 6.07) is 7.20. The zero-order valence-electron chi connectivity index (χ0n) is 23.5. The smallest absolute Gasteiger partial charge is 0.343 e. The van der Waals surface area contributed by atoms with Gasteiger partial charge in [-0.15, -0.1) is 4.91 Å². The Bertz CT molecular complexity index is 1690. The Morgan fingerprint density at radius 3 is 2.51 bits per heavy atom. The Labute approximate surface area is 248 Å². The molecule has 0 saturated heterocycles. The standard InChI is InChI=1S/C29H27ClF3N3O7/c1-5-43-28(39)17-12-36(25-22(26(17)38)29(2,35-40)27(33)24(32)23(25)30)20-10-19(18(31)8-15(20)13-37)34-11-14-6-7-16(41-3)9-21(14)42-4/h6-10,12,27,34,37H,5,11,13H2,1-4H3. The summed E-state index contributed by atoms with van der Waals surface area (Å²) < 4.78 is 62.1. The van der Waals surface area contributed by atoms with Gasteiger partial charge in [-0.05, 0) is 38.1 Å². The molecule has 1 heterocycles. The summed E-state index contributed by atoms with van der Waals surface area (Å²) in [5.41, 5.74) is -5.32. The Balaban J connectivity index is 1.98. The van der Waals surface area contributed by atoms with Crippen molar-refractivity contribution in [2.45, 2.75) is 38.7 Å². The lowest BCUT2D eigenvalue weighted by molar-refractivity contribution is 0.0523. The Morgan fingerprint density at radius 2 is 1.91 bits per heavy atom. The quantitative estimate of drug-likeness (QED) is 0.225. The number of benzene rings is 2. The monoisotopic (exact) mass is 621 g/mol. The maximum absolute atomic E-state index is 15.3. The third-order valence-corrected chi connectivity index (χ3v) is 7.45. The molecule has 2 aromatic carbocycles. The molecule has 2 N–H and O–H groups in total. The van der Waals surface area contributed by atoms with Gasteiger partial charge in [-0.25, -0.2) is 18.0 Å². The average Bonchev–Trinajstić information content (AvgIpc) is 3.01. The molecule has 0 bridgehead atoms. The lowest BCUT2D eigenvalue weighted by atomic mass is 9.81. The summed E-state index contributed by atoms with van der Waals surface area (Å²) in [5.74, 6) is -2.52. The molecule has 0 aliphatic heterocycles. The lowest BCUT2D eigenvalue weighted by Gasteiger charge is -2.33. The SMILES string of the molecule is CCOC(=O)c1cn(-c2cc(NCc3ccc(OC)cc3OC)c(F)cc2CO)c2c(c1=O)C(C)(N=O)C(F)C(F)=C2Cl. The van der Waals surface area contributed by atoms with E-state index in [1.165, 1.54) is 27.2 Å². The molecule has 0 fully saturated rings. The fourth-order valence-electron chi connectivity index (χ4n) is 4.81. The number of carbonyl (C=O) groups is 1. The predicted molar refractivity (Wildman–Crippen MR) is 153 cm³/mol. The van der Waals surface area contributed by atoms with Gasteiger partial charge in [0, 0.05) is 29.9 Å². The number of halogens is 4. The topological polar surface area (TPSA) is 128 Å². The number of fused-ring (bicyclic) bond motifs is 1. The van der Waals surface area contributed by atoms with Crippen LogP contribution in [-0.4, -0.2) is 42.6 Å². The van der Waals surface area contributed by atoms with Crippen LogP contribution < -0.4 is 20.2 Å². The van der Waals surface area contributed by atoms with E-state index in [9.17, 15) is 19.6 Å². The maximum Gasteiger partial charge on any atom is 0.343 e. The number of carbonyl (C=O) groups excluding carboxylic acids is 1. The minimum Gasteiger partial charge on any atom is -0.497 e. The van der Waals surface area contributed by atoms with E-state index < -0.39 is 63.2 Å². The molecule has 2 unspecified atom stereocenters. The first-order valence-electron chi connectivity index (χ1n) is 12.9. The first-order valence-corrected chi connectivity index (χ1v) is 13.2. The highest BCUT2D eigenvalue weighted by Crippen LogP contribution is 2.47. The van der Waals surface area contributed by atoms with Gasteiger partial charge in [-0.2, -0.15) is 0 Å². The first-order chi connectivity index (χ1) is 20.5. The van der Waals surface area contributed by atoms with Crippen molar-refractivity contribution in [3.63, 3.8) is 0 Å². The van der Waals surface area contributed by atoms with Crippen LogP contribution in [0.2, 0.25) is 0 Å². The molecule has 0 saturated carbocycles. The van der Waals surface area contributed by atoms with Crippen molar-refractivity contribution < 1.29 is 37.3 Å². The molecular formula is C29H27ClF3N3O7. The van der Waals surface area contributed by atoms with Gasteiger partial charge in [0.05, 0.1) is 55.1 Å². The van der Waals surface area contributed by atoms with E-state index in [2.05, 4.69) is 10.5 Å². The zero-order valence-corrected chi connectivity index (χ0v) is 24.2. The van der Waals surface area contributed by atoms with Crippen molar-refractivity contribution in [2.75, 3.05) is 26.1 Å². The largest absolute Gasteiger partial charge is 0.497 e. The number of hydrogen-bond acceptors (Lipinski definition) is 9. The molecule has 0 radical (unpaired) electrons. The van der Waals surface area contributed by atoms with Crippen LogP contribution in [0.5, 0.6) is 11.5 Å². The number of methoxy groups -OCH3 is 2. The summed E-state index contributed by atoms with van der Waals surface area (Å²) in [5, 5.41) is 14.9. The third-order valence-electron chi connectivity index (χ3n) is 7.09. The fourth-order valence-corrected chi connectivity index (χ4v) is 5.09. The first kappa shape index (κ1) is 31.6. The molecule has 2 atom stereocenters. The second-order valence-electron chi connectivity index (χ2n) is 9.60. The Hall–Kier alpha value is -4.36. The number of rotatable bonds is 10. The zero-order chi connectivity index (χ0) is 31.6. The van der Waals surface area contributed by atoms with Gasteiger partial charge in [0.1, 0.15) is 22.9 Å². The van der Waals surface area contributed by atoms with Crippen molar-refractivity contribution in [3.8, 4) is 17.2 Å². The van der Waals surface area contributed by atoms with E-state index in [0.717, 1.165) is 23.8 Å². The highest BCUT2D eigenvalue weighted by molar-refractivity contribution is 6.49. The number of pyridine rings is 1. The fraction of sp³-hybridized carbons (Fsp3) is 0.310. The van der Waals surface area contributed by atoms with E-state index in [1.807, 2.05) is 0 Å². The van der Waals surface area contributed by atoms with Crippen molar-refractivity contribution in [1.82, 2.24) is 4.57 Å². The highest BCUT2D eigenvalue weighted by atomic mass is 35.5. The molecule has 4 rings (SSSR count). The van der Waals surface area contributed by atoms with E-state index >= 15 is 13.2 Å². The number of esters is 1. The van der Waals surface area contributed by atoms with Crippen molar-refractivity contribution in [1.29, 1.82) is 0 Å². The molecule has 14 heteroatoms. The second kappa shape index (κ2) is 12.5. The van der Waals surface area contributed by atoms with Crippen LogP contribution in [0.15, 0.2) is 52.3 Å². The summed E-state index contributed by atoms with van der Waals surface area (Å²) in [4.78, 5) is 38.2. The van der Waals surface area contributed by atoms with Crippen LogP contribution in [-0.2, 0) is 23.4 Å². The number of nitrogens with one attached hydrogen (secondary N) is 1. The summed E-state index contributed by atoms with van der Waals surface area (Å²) in [7, 11) is 2.94. The third kappa shape index (κ3) is 5.45. The molecular weight excluding hydrogens is 595 g/mol. The molecule has 3 aromatic rings. The molecule has 228 valence electrons. The summed E-state index contributed by atoms with van der Waals surface area (Å²) in [6.45, 7) is 1.52. The number of anilines is 1. The minimum atomic E-state index is -2.74. The predicted octanol–water partition coefficient (Wildman–Crippen LogP) is 5.49. The van der Waals surface area contributed by atoms with Crippen LogP contribution in [0.4, 0.5) is 18.9 Å². The molecule has 1 aliphatic rings. The van der Waals surface area contributed by atoms with E-state index in [4.69, 9.17) is 25.8 Å². The molecule has 1 aromatic heterocycles. The minimum absolute atomic E-state index is 0.0459. The Morgan fingerprint density at radius 1 is 1.19 bits per heavy atom. The molecule has 10 nitrogen and oxygen atoms in total. The number of hydrogen-bond donors (Lipinski definition) is 2. The Kier molecular flexibility index (Phi) is 9.16. The second-order valence-corrected chi connectivity index (χ2v) is 9.98. The number of alkyl halides is 1. The molecule has 0 spiro atoms. The van der Waals surface area contributed by atoms with E-state index in [1.54, 1.807) is 18.2 Å². The lowest BCUT2D eigenvalue weighted by Crippen LogP contribution is -2.43. The molecule has 1 aliphatic carbocycles. The van der Waals surface area contributed by atoms with Crippen molar-refractivity contribution in [3.05, 3.63) is 91.3 Å². The molecule has 0 amide bonds. The van der Waals surface area contributed by atoms with E-state index in [0.29, 0.717) is 17.1 Å². The maximum atomic E-state index is 15.3. The summed E-state index contributed by atoms with van der Waals surface area (Å²) >= 11 is 6.23. The van der Waals surface area contributed by atoms with Gasteiger partial charge < -0.3 is 29.2 Å². The normalized spacial score (nSPS) is 17.7. The van der Waals surface area contributed by atoms with Gasteiger partial charge in [-0.1, -0.05) is 16.8 Å². The van der Waals surface area contributed by atoms with Gasteiger partial charge in [-0.3, -0.25) is 4.79 Å². The summed E-state index contributed by atoms with van der Waals surface area (Å²) in [6.07, 6.45) is -1.80. The van der Waals surface area contributed by atoms with Crippen LogP contribution in [0.25, 0.3) is 10.7 Å². The van der Waals surface area contributed by atoms with Gasteiger partial charge in [0.25, 0.3) is 0 Å². The van der Waals surface area contributed by atoms with Crippen LogP contribution in [0.1, 0.15) is 46.6 Å². The highest BCUT2D eigenvalue weighted by Gasteiger charge is 2.51. The van der Waals surface area contributed by atoms with Gasteiger partial charge in [0.15, 0.2) is 17.5 Å². The number of nitrogens with zero attached hydrogens (tertiary/aromatic N) is 2. The van der Waals surface area contributed by atoms with Gasteiger partial charge >= 0.3 is 5.97 Å². The number of aliphatic hydroxyl groups is 1. The van der Waals surface area contributed by atoms with Crippen molar-refractivity contribution >= 4 is 28.3 Å². The van der Waals surface area contributed by atoms with E-state index in [-0.39, 0.29) is 30.1 Å². The van der Waals surface area contributed by atoms with Crippen molar-refractivity contribution in [2.24, 2.45) is 5.18 Å². The number of aromatic nitrogens is 1. The van der Waals surface area contributed by atoms with Crippen LogP contribution in [0, 0.1) is 10.7 Å². The average molecular weight is 622 g/mol. The number of ether oxygens (including phenoxy) is 3. The molecule has 43 heavy (non-hydrogen) atoms.